The number of hydrogen-bond acceptors (Lipinski definition) is 5. The van der Waals surface area contributed by atoms with Gasteiger partial charge in [0.2, 0.25) is 0 Å². The molecule has 2 aromatic rings. The minimum absolute atomic E-state index is 0.160. The summed E-state index contributed by atoms with van der Waals surface area (Å²) < 4.78 is 5.08. The molecule has 0 aliphatic rings. The van der Waals surface area contributed by atoms with Gasteiger partial charge < -0.3 is 9.64 Å². The van der Waals surface area contributed by atoms with E-state index in [0.717, 1.165) is 29.2 Å². The number of benzene rings is 1. The molecule has 0 atom stereocenters. The SMILES string of the molecule is CCN(C)C=Nc1cc(C)c(Cc2nc(NC(=O)OC(C)C)cs2)cc1C. The molecule has 0 aliphatic carbocycles. The Hall–Kier alpha value is -2.41. The molecule has 1 aromatic heterocycles. The van der Waals surface area contributed by atoms with E-state index in [1.807, 2.05) is 37.5 Å². The van der Waals surface area contributed by atoms with Gasteiger partial charge in [-0.05, 0) is 57.4 Å². The molecule has 27 heavy (non-hydrogen) atoms. The Morgan fingerprint density at radius 3 is 2.78 bits per heavy atom. The van der Waals surface area contributed by atoms with E-state index in [4.69, 9.17) is 4.74 Å². The van der Waals surface area contributed by atoms with Gasteiger partial charge in [-0.2, -0.15) is 0 Å². The first kappa shape index (κ1) is 20.9. The van der Waals surface area contributed by atoms with Crippen LogP contribution in [-0.4, -0.2) is 42.0 Å². The van der Waals surface area contributed by atoms with Gasteiger partial charge in [0.25, 0.3) is 0 Å². The predicted molar refractivity (Wildman–Crippen MR) is 113 cm³/mol. The average Bonchev–Trinajstić information content (AvgIpc) is 3.02. The van der Waals surface area contributed by atoms with Gasteiger partial charge in [-0.25, -0.2) is 14.8 Å². The standard InChI is InChI=1S/C20H28N4O2S/c1-7-24(6)12-21-17-9-14(4)16(8-15(17)5)10-19-22-18(11-27-19)23-20(25)26-13(2)3/h8-9,11-13H,7,10H2,1-6H3,(H,23,25). The molecule has 7 heteroatoms. The fourth-order valence-corrected chi connectivity index (χ4v) is 3.14. The lowest BCUT2D eigenvalue weighted by molar-refractivity contribution is 0.130. The lowest BCUT2D eigenvalue weighted by atomic mass is 10.0. The zero-order valence-corrected chi connectivity index (χ0v) is 17.7. The van der Waals surface area contributed by atoms with Crippen LogP contribution in [0.4, 0.5) is 16.3 Å². The Bertz CT molecular complexity index is 814. The van der Waals surface area contributed by atoms with Gasteiger partial charge in [0.15, 0.2) is 0 Å². The Labute approximate surface area is 165 Å². The number of carbonyl (C=O) groups is 1. The third-order valence-electron chi connectivity index (χ3n) is 4.01. The summed E-state index contributed by atoms with van der Waals surface area (Å²) in [5, 5.41) is 5.44. The van der Waals surface area contributed by atoms with Crippen LogP contribution in [0.25, 0.3) is 0 Å². The molecule has 1 N–H and O–H groups in total. The van der Waals surface area contributed by atoms with Crippen LogP contribution >= 0.6 is 11.3 Å². The van der Waals surface area contributed by atoms with Crippen LogP contribution in [-0.2, 0) is 11.2 Å². The van der Waals surface area contributed by atoms with Gasteiger partial charge in [0.05, 0.1) is 23.1 Å². The monoisotopic (exact) mass is 388 g/mol. The van der Waals surface area contributed by atoms with Crippen molar-refractivity contribution >= 4 is 35.3 Å². The van der Waals surface area contributed by atoms with E-state index < -0.39 is 6.09 Å². The number of ether oxygens (including phenoxy) is 1. The van der Waals surface area contributed by atoms with Gasteiger partial charge in [0, 0.05) is 25.4 Å². The van der Waals surface area contributed by atoms with Crippen molar-refractivity contribution in [3.8, 4) is 0 Å². The predicted octanol–water partition coefficient (Wildman–Crippen LogP) is 4.92. The molecule has 1 aromatic carbocycles. The van der Waals surface area contributed by atoms with E-state index in [1.165, 1.54) is 22.5 Å². The van der Waals surface area contributed by atoms with Crippen LogP contribution in [0.5, 0.6) is 0 Å². The molecule has 146 valence electrons. The summed E-state index contributed by atoms with van der Waals surface area (Å²) in [4.78, 5) is 22.8. The number of amides is 1. The fraction of sp³-hybridized carbons (Fsp3) is 0.450. The largest absolute Gasteiger partial charge is 0.447 e. The van der Waals surface area contributed by atoms with Gasteiger partial charge in [-0.15, -0.1) is 11.3 Å². The van der Waals surface area contributed by atoms with Crippen molar-refractivity contribution in [3.05, 3.63) is 39.2 Å². The van der Waals surface area contributed by atoms with Crippen molar-refractivity contribution in [2.75, 3.05) is 18.9 Å². The molecule has 0 saturated carbocycles. The summed E-state index contributed by atoms with van der Waals surface area (Å²) in [5.41, 5.74) is 4.50. The minimum atomic E-state index is -0.479. The molecule has 6 nitrogen and oxygen atoms in total. The van der Waals surface area contributed by atoms with E-state index in [9.17, 15) is 4.79 Å². The first-order valence-corrected chi connectivity index (χ1v) is 9.93. The zero-order valence-electron chi connectivity index (χ0n) is 16.9. The quantitative estimate of drug-likeness (QED) is 0.540. The number of aromatic nitrogens is 1. The molecule has 0 bridgehead atoms. The number of aryl methyl sites for hydroxylation is 2. The van der Waals surface area contributed by atoms with Crippen LogP contribution in [0.15, 0.2) is 22.5 Å². The first-order valence-electron chi connectivity index (χ1n) is 9.05. The van der Waals surface area contributed by atoms with Gasteiger partial charge in [-0.1, -0.05) is 6.07 Å². The van der Waals surface area contributed by atoms with Gasteiger partial charge >= 0.3 is 6.09 Å². The van der Waals surface area contributed by atoms with E-state index in [0.29, 0.717) is 5.82 Å². The average molecular weight is 389 g/mol. The van der Waals surface area contributed by atoms with Crippen LogP contribution < -0.4 is 5.32 Å². The highest BCUT2D eigenvalue weighted by Crippen LogP contribution is 2.26. The summed E-state index contributed by atoms with van der Waals surface area (Å²) in [6.45, 7) is 10.8. The summed E-state index contributed by atoms with van der Waals surface area (Å²) >= 11 is 1.52. The fourth-order valence-electron chi connectivity index (χ4n) is 2.39. The van der Waals surface area contributed by atoms with Crippen molar-refractivity contribution in [3.63, 3.8) is 0 Å². The first-order chi connectivity index (χ1) is 12.8. The third-order valence-corrected chi connectivity index (χ3v) is 4.86. The Kier molecular flexibility index (Phi) is 7.36. The maximum atomic E-state index is 11.7. The number of nitrogens with zero attached hydrogens (tertiary/aromatic N) is 3. The molecular weight excluding hydrogens is 360 g/mol. The van der Waals surface area contributed by atoms with Crippen LogP contribution in [0.2, 0.25) is 0 Å². The molecule has 1 amide bonds. The van der Waals surface area contributed by atoms with Crippen molar-refractivity contribution < 1.29 is 9.53 Å². The van der Waals surface area contributed by atoms with Crippen LogP contribution in [0.3, 0.4) is 0 Å². The molecule has 0 fully saturated rings. The van der Waals surface area contributed by atoms with Crippen molar-refractivity contribution in [1.82, 2.24) is 9.88 Å². The van der Waals surface area contributed by atoms with Crippen LogP contribution in [0, 0.1) is 13.8 Å². The van der Waals surface area contributed by atoms with Gasteiger partial charge in [-0.3, -0.25) is 5.32 Å². The highest BCUT2D eigenvalue weighted by molar-refractivity contribution is 7.10. The van der Waals surface area contributed by atoms with Gasteiger partial charge in [0.1, 0.15) is 5.82 Å². The number of thiazole rings is 1. The molecule has 0 unspecified atom stereocenters. The molecule has 0 radical (unpaired) electrons. The second kappa shape index (κ2) is 9.50. The summed E-state index contributed by atoms with van der Waals surface area (Å²) in [6, 6.07) is 4.27. The summed E-state index contributed by atoms with van der Waals surface area (Å²) in [6.07, 6.45) is 1.94. The smallest absolute Gasteiger partial charge is 0.413 e. The molecular formula is C20H28N4O2S. The topological polar surface area (TPSA) is 66.8 Å². The highest BCUT2D eigenvalue weighted by Gasteiger charge is 2.11. The number of aliphatic imine (C=N–C) groups is 1. The Morgan fingerprint density at radius 2 is 2.11 bits per heavy atom. The number of rotatable bonds is 7. The normalized spacial score (nSPS) is 11.2. The van der Waals surface area contributed by atoms with Crippen molar-refractivity contribution in [2.45, 2.75) is 47.1 Å². The number of anilines is 1. The Balaban J connectivity index is 2.08. The van der Waals surface area contributed by atoms with Crippen molar-refractivity contribution in [1.29, 1.82) is 0 Å². The second-order valence-electron chi connectivity index (χ2n) is 6.77. The van der Waals surface area contributed by atoms with Crippen molar-refractivity contribution in [2.24, 2.45) is 4.99 Å². The zero-order chi connectivity index (χ0) is 20.0. The summed E-state index contributed by atoms with van der Waals surface area (Å²) in [7, 11) is 2.01. The molecule has 0 spiro atoms. The minimum Gasteiger partial charge on any atom is -0.447 e. The van der Waals surface area contributed by atoms with E-state index in [-0.39, 0.29) is 6.10 Å². The van der Waals surface area contributed by atoms with E-state index in [1.54, 1.807) is 0 Å². The Morgan fingerprint density at radius 1 is 1.37 bits per heavy atom. The number of nitrogens with one attached hydrogen (secondary N) is 1. The lowest BCUT2D eigenvalue weighted by Crippen LogP contribution is -2.18. The number of hydrogen-bond donors (Lipinski definition) is 1. The maximum absolute atomic E-state index is 11.7. The van der Waals surface area contributed by atoms with Crippen LogP contribution in [0.1, 0.15) is 42.5 Å². The second-order valence-corrected chi connectivity index (χ2v) is 7.71. The third kappa shape index (κ3) is 6.36. The molecule has 0 aliphatic heterocycles. The molecule has 1 heterocycles. The van der Waals surface area contributed by atoms with E-state index >= 15 is 0 Å². The van der Waals surface area contributed by atoms with E-state index in [2.05, 4.69) is 48.2 Å². The molecule has 2 rings (SSSR count). The summed E-state index contributed by atoms with van der Waals surface area (Å²) in [5.74, 6) is 0.527. The lowest BCUT2D eigenvalue weighted by Gasteiger charge is -2.11. The molecule has 0 saturated heterocycles. The highest BCUT2D eigenvalue weighted by atomic mass is 32.1. The maximum Gasteiger partial charge on any atom is 0.413 e. The number of carbonyl (C=O) groups excluding carboxylic acids is 1.